The van der Waals surface area contributed by atoms with Gasteiger partial charge in [-0.3, -0.25) is 4.79 Å². The lowest BCUT2D eigenvalue weighted by atomic mass is 9.98. The molecule has 1 atom stereocenters. The van der Waals surface area contributed by atoms with Crippen LogP contribution < -0.4 is 10.7 Å². The van der Waals surface area contributed by atoms with E-state index < -0.39 is 17.8 Å². The second-order valence-corrected chi connectivity index (χ2v) is 7.67. The number of nitrogens with one attached hydrogen (secondary N) is 1. The molecule has 0 amide bonds. The number of benzene rings is 2. The van der Waals surface area contributed by atoms with E-state index >= 15 is 0 Å². The van der Waals surface area contributed by atoms with Gasteiger partial charge in [0.05, 0.1) is 22.7 Å². The highest BCUT2D eigenvalue weighted by Gasteiger charge is 2.21. The Balaban J connectivity index is 1.91. The molecule has 162 valence electrons. The first-order chi connectivity index (χ1) is 15.3. The van der Waals surface area contributed by atoms with Crippen LogP contribution in [0.4, 0.5) is 10.1 Å². The van der Waals surface area contributed by atoms with Crippen LogP contribution in [0.2, 0.25) is 0 Å². The Hall–Kier alpha value is -4.00. The zero-order valence-corrected chi connectivity index (χ0v) is 17.8. The predicted molar refractivity (Wildman–Crippen MR) is 121 cm³/mol. The van der Waals surface area contributed by atoms with E-state index in [1.807, 2.05) is 19.9 Å². The summed E-state index contributed by atoms with van der Waals surface area (Å²) >= 11 is 0. The molecule has 0 saturated heterocycles. The highest BCUT2D eigenvalue weighted by atomic mass is 19.1. The van der Waals surface area contributed by atoms with Crippen molar-refractivity contribution in [1.82, 2.24) is 4.98 Å². The number of hydrogen-bond donors (Lipinski definition) is 2. The average Bonchev–Trinajstić information content (AvgIpc) is 2.77. The molecule has 2 N–H and O–H groups in total. The third-order valence-corrected chi connectivity index (χ3v) is 5.36. The Morgan fingerprint density at radius 3 is 2.62 bits per heavy atom. The van der Waals surface area contributed by atoms with Crippen LogP contribution in [0.15, 0.2) is 63.9 Å². The van der Waals surface area contributed by atoms with Gasteiger partial charge in [0.2, 0.25) is 0 Å². The molecule has 0 aliphatic carbocycles. The quantitative estimate of drug-likeness (QED) is 0.434. The van der Waals surface area contributed by atoms with Gasteiger partial charge in [0, 0.05) is 17.3 Å². The van der Waals surface area contributed by atoms with Gasteiger partial charge in [0.25, 0.3) is 0 Å². The van der Waals surface area contributed by atoms with Gasteiger partial charge in [-0.05, 0) is 56.7 Å². The van der Waals surface area contributed by atoms with E-state index in [2.05, 4.69) is 10.3 Å². The highest BCUT2D eigenvalue weighted by molar-refractivity contribution is 5.92. The van der Waals surface area contributed by atoms with Crippen molar-refractivity contribution >= 4 is 22.6 Å². The highest BCUT2D eigenvalue weighted by Crippen LogP contribution is 2.33. The number of anilines is 1. The van der Waals surface area contributed by atoms with Gasteiger partial charge < -0.3 is 14.8 Å². The van der Waals surface area contributed by atoms with Gasteiger partial charge in [-0.15, -0.1) is 0 Å². The standard InChI is InChI=1S/C25H21FN2O4/c1-13-11-17(15(3)28-20-9-6-10-27-21(20)25(30)31)24-18(12-13)22(29)14(2)23(32-24)16-7-4-5-8-19(16)26/h4-12,15,28H,1-3H3,(H,30,31). The number of halogens is 1. The first kappa shape index (κ1) is 21.2. The number of rotatable bonds is 5. The minimum absolute atomic E-state index is 0.111. The number of carboxylic acid groups (broad SMARTS) is 1. The molecule has 2 heterocycles. The number of carboxylic acids is 1. The number of carbonyl (C=O) groups is 1. The van der Waals surface area contributed by atoms with Crippen molar-refractivity contribution in [1.29, 1.82) is 0 Å². The first-order valence-corrected chi connectivity index (χ1v) is 10.1. The molecule has 0 aliphatic heterocycles. The Bertz CT molecular complexity index is 1410. The van der Waals surface area contributed by atoms with Crippen LogP contribution in [0, 0.1) is 19.7 Å². The van der Waals surface area contributed by atoms with Crippen molar-refractivity contribution in [2.75, 3.05) is 5.32 Å². The average molecular weight is 432 g/mol. The number of fused-ring (bicyclic) bond motifs is 1. The fourth-order valence-electron chi connectivity index (χ4n) is 3.79. The molecule has 0 radical (unpaired) electrons. The molecule has 2 aromatic heterocycles. The molecule has 7 heteroatoms. The molecule has 32 heavy (non-hydrogen) atoms. The van der Waals surface area contributed by atoms with E-state index in [1.54, 1.807) is 43.3 Å². The van der Waals surface area contributed by atoms with Gasteiger partial charge in [0.15, 0.2) is 11.1 Å². The summed E-state index contributed by atoms with van der Waals surface area (Å²) in [7, 11) is 0. The number of nitrogens with zero attached hydrogens (tertiary/aromatic N) is 1. The third-order valence-electron chi connectivity index (χ3n) is 5.36. The second-order valence-electron chi connectivity index (χ2n) is 7.67. The molecule has 0 aliphatic rings. The van der Waals surface area contributed by atoms with E-state index in [-0.39, 0.29) is 22.4 Å². The summed E-state index contributed by atoms with van der Waals surface area (Å²) in [5.41, 5.74) is 2.33. The fourth-order valence-corrected chi connectivity index (χ4v) is 3.79. The number of aromatic nitrogens is 1. The topological polar surface area (TPSA) is 92.4 Å². The zero-order valence-electron chi connectivity index (χ0n) is 17.8. The molecule has 4 rings (SSSR count). The second kappa shape index (κ2) is 8.26. The van der Waals surface area contributed by atoms with E-state index in [9.17, 15) is 19.1 Å². The van der Waals surface area contributed by atoms with Crippen molar-refractivity contribution in [2.45, 2.75) is 26.8 Å². The van der Waals surface area contributed by atoms with E-state index in [0.717, 1.165) is 5.56 Å². The van der Waals surface area contributed by atoms with Crippen LogP contribution in [0.1, 0.15) is 40.1 Å². The SMILES string of the molecule is Cc1cc(C(C)Nc2cccnc2C(=O)O)c2oc(-c3ccccc3F)c(C)c(=O)c2c1. The van der Waals surface area contributed by atoms with Crippen LogP contribution in [-0.4, -0.2) is 16.1 Å². The Morgan fingerprint density at radius 2 is 1.91 bits per heavy atom. The summed E-state index contributed by atoms with van der Waals surface area (Å²) in [6.45, 7) is 5.31. The summed E-state index contributed by atoms with van der Waals surface area (Å²) in [5, 5.41) is 13.0. The van der Waals surface area contributed by atoms with Crippen molar-refractivity contribution in [3.8, 4) is 11.3 Å². The molecular formula is C25H21FN2O4. The van der Waals surface area contributed by atoms with Crippen molar-refractivity contribution in [2.24, 2.45) is 0 Å². The molecule has 0 spiro atoms. The molecule has 6 nitrogen and oxygen atoms in total. The number of hydrogen-bond acceptors (Lipinski definition) is 5. The summed E-state index contributed by atoms with van der Waals surface area (Å²) in [4.78, 5) is 28.6. The fraction of sp³-hybridized carbons (Fsp3) is 0.160. The van der Waals surface area contributed by atoms with E-state index in [1.165, 1.54) is 12.3 Å². The molecular weight excluding hydrogens is 411 g/mol. The summed E-state index contributed by atoms with van der Waals surface area (Å²) in [6, 6.07) is 12.6. The molecule has 1 unspecified atom stereocenters. The maximum absolute atomic E-state index is 14.5. The lowest BCUT2D eigenvalue weighted by Crippen LogP contribution is -2.14. The Kier molecular flexibility index (Phi) is 5.48. The first-order valence-electron chi connectivity index (χ1n) is 10.1. The van der Waals surface area contributed by atoms with E-state index in [0.29, 0.717) is 27.8 Å². The minimum Gasteiger partial charge on any atom is -0.476 e. The summed E-state index contributed by atoms with van der Waals surface area (Å²) in [6.07, 6.45) is 1.41. The van der Waals surface area contributed by atoms with Crippen molar-refractivity contribution in [3.05, 3.63) is 93.2 Å². The van der Waals surface area contributed by atoms with Gasteiger partial charge in [0.1, 0.15) is 17.2 Å². The van der Waals surface area contributed by atoms with Gasteiger partial charge in [-0.2, -0.15) is 0 Å². The van der Waals surface area contributed by atoms with Crippen LogP contribution in [0.5, 0.6) is 0 Å². The third kappa shape index (κ3) is 3.73. The molecule has 4 aromatic rings. The van der Waals surface area contributed by atoms with Crippen molar-refractivity contribution < 1.29 is 18.7 Å². The molecule has 0 saturated carbocycles. The molecule has 0 bridgehead atoms. The maximum Gasteiger partial charge on any atom is 0.356 e. The number of aromatic carboxylic acids is 1. The summed E-state index contributed by atoms with van der Waals surface area (Å²) in [5.74, 6) is -1.47. The van der Waals surface area contributed by atoms with Gasteiger partial charge in [-0.25, -0.2) is 14.2 Å². The van der Waals surface area contributed by atoms with Crippen LogP contribution in [-0.2, 0) is 0 Å². The Labute approximate surface area is 183 Å². The monoisotopic (exact) mass is 432 g/mol. The lowest BCUT2D eigenvalue weighted by Gasteiger charge is -2.19. The van der Waals surface area contributed by atoms with Crippen molar-refractivity contribution in [3.63, 3.8) is 0 Å². The number of pyridine rings is 1. The zero-order chi connectivity index (χ0) is 23.0. The largest absolute Gasteiger partial charge is 0.476 e. The summed E-state index contributed by atoms with van der Waals surface area (Å²) < 4.78 is 20.6. The smallest absolute Gasteiger partial charge is 0.356 e. The van der Waals surface area contributed by atoms with Gasteiger partial charge >= 0.3 is 5.97 Å². The number of aryl methyl sites for hydroxylation is 1. The maximum atomic E-state index is 14.5. The van der Waals surface area contributed by atoms with E-state index in [4.69, 9.17) is 4.42 Å². The van der Waals surface area contributed by atoms with Crippen LogP contribution in [0.3, 0.4) is 0 Å². The minimum atomic E-state index is -1.15. The molecule has 2 aromatic carbocycles. The lowest BCUT2D eigenvalue weighted by molar-refractivity contribution is 0.0691. The normalized spacial score (nSPS) is 12.0. The molecule has 0 fully saturated rings. The van der Waals surface area contributed by atoms with Crippen LogP contribution in [0.25, 0.3) is 22.3 Å². The van der Waals surface area contributed by atoms with Crippen LogP contribution >= 0.6 is 0 Å². The predicted octanol–water partition coefficient (Wildman–Crippen LogP) is 5.48. The Morgan fingerprint density at radius 1 is 1.16 bits per heavy atom. The van der Waals surface area contributed by atoms with Gasteiger partial charge in [-0.1, -0.05) is 18.2 Å².